The first-order valence-corrected chi connectivity index (χ1v) is 9.41. The van der Waals surface area contributed by atoms with Crippen LogP contribution in [0.15, 0.2) is 0 Å². The van der Waals surface area contributed by atoms with Crippen LogP contribution in [-0.2, 0) is 0 Å². The maximum atomic E-state index is 2.47. The summed E-state index contributed by atoms with van der Waals surface area (Å²) in [7, 11) is 0. The van der Waals surface area contributed by atoms with Crippen molar-refractivity contribution in [3.8, 4) is 0 Å². The van der Waals surface area contributed by atoms with Crippen LogP contribution in [0.3, 0.4) is 0 Å². The van der Waals surface area contributed by atoms with Crippen LogP contribution in [0.4, 0.5) is 0 Å². The van der Waals surface area contributed by atoms with Crippen molar-refractivity contribution in [1.82, 2.24) is 0 Å². The Morgan fingerprint density at radius 2 is 1.55 bits per heavy atom. The van der Waals surface area contributed by atoms with E-state index < -0.39 is 0 Å². The normalized spacial score (nSPS) is 29.6. The van der Waals surface area contributed by atoms with Gasteiger partial charge in [-0.2, -0.15) is 0 Å². The van der Waals surface area contributed by atoms with Gasteiger partial charge in [0.1, 0.15) is 0 Å². The Kier molecular flexibility index (Phi) is 6.43. The molecular formula is C20H37. The van der Waals surface area contributed by atoms with Gasteiger partial charge >= 0.3 is 0 Å². The summed E-state index contributed by atoms with van der Waals surface area (Å²) < 4.78 is 0. The van der Waals surface area contributed by atoms with Gasteiger partial charge in [0, 0.05) is 0 Å². The van der Waals surface area contributed by atoms with Crippen LogP contribution in [0.25, 0.3) is 0 Å². The smallest absolute Gasteiger partial charge is 0.0241 e. The number of hydrogen-bond donors (Lipinski definition) is 0. The van der Waals surface area contributed by atoms with Gasteiger partial charge in [-0.1, -0.05) is 78.6 Å². The van der Waals surface area contributed by atoms with Crippen molar-refractivity contribution < 1.29 is 0 Å². The monoisotopic (exact) mass is 277 g/mol. The Bertz CT molecular complexity index is 254. The average Bonchev–Trinajstić information content (AvgIpc) is 2.44. The maximum absolute atomic E-state index is 2.47. The van der Waals surface area contributed by atoms with E-state index in [0.29, 0.717) is 5.41 Å². The third kappa shape index (κ3) is 5.08. The quantitative estimate of drug-likeness (QED) is 0.477. The zero-order valence-corrected chi connectivity index (χ0v) is 14.3. The zero-order chi connectivity index (χ0) is 14.4. The zero-order valence-electron chi connectivity index (χ0n) is 14.3. The highest BCUT2D eigenvalue weighted by Crippen LogP contribution is 2.44. The summed E-state index contributed by atoms with van der Waals surface area (Å²) in [6, 6.07) is 0. The second-order valence-corrected chi connectivity index (χ2v) is 8.57. The third-order valence-corrected chi connectivity index (χ3v) is 5.94. The Balaban J connectivity index is 1.66. The SMILES string of the molecule is CC(C)(C)C1CCCCC1CCCC[C]1CCCCC1. The van der Waals surface area contributed by atoms with E-state index in [1.807, 2.05) is 5.92 Å². The molecule has 0 aromatic rings. The molecule has 2 rings (SSSR count). The molecule has 0 bridgehead atoms. The molecule has 0 aliphatic heterocycles. The first-order valence-electron chi connectivity index (χ1n) is 9.41. The van der Waals surface area contributed by atoms with Gasteiger partial charge in [-0.15, -0.1) is 0 Å². The van der Waals surface area contributed by atoms with E-state index in [4.69, 9.17) is 0 Å². The van der Waals surface area contributed by atoms with Crippen LogP contribution in [0.1, 0.15) is 104 Å². The number of unbranched alkanes of at least 4 members (excludes halogenated alkanes) is 1. The van der Waals surface area contributed by atoms with Crippen molar-refractivity contribution in [2.75, 3.05) is 0 Å². The highest BCUT2D eigenvalue weighted by molar-refractivity contribution is 4.92. The molecule has 2 unspecified atom stereocenters. The lowest BCUT2D eigenvalue weighted by molar-refractivity contribution is 0.0995. The predicted molar refractivity (Wildman–Crippen MR) is 89.7 cm³/mol. The lowest BCUT2D eigenvalue weighted by atomic mass is 9.65. The highest BCUT2D eigenvalue weighted by atomic mass is 14.4. The molecule has 2 aliphatic rings. The molecule has 0 aromatic carbocycles. The van der Waals surface area contributed by atoms with E-state index in [0.717, 1.165) is 11.8 Å². The number of hydrogen-bond acceptors (Lipinski definition) is 0. The maximum Gasteiger partial charge on any atom is -0.0241 e. The summed E-state index contributed by atoms with van der Waals surface area (Å²) >= 11 is 0. The van der Waals surface area contributed by atoms with Gasteiger partial charge in [0.25, 0.3) is 0 Å². The summed E-state index contributed by atoms with van der Waals surface area (Å²) in [5.41, 5.74) is 0.531. The molecule has 0 nitrogen and oxygen atoms in total. The van der Waals surface area contributed by atoms with Crippen molar-refractivity contribution >= 4 is 0 Å². The minimum atomic E-state index is 0.531. The topological polar surface area (TPSA) is 0 Å². The van der Waals surface area contributed by atoms with Gasteiger partial charge in [-0.3, -0.25) is 0 Å². The van der Waals surface area contributed by atoms with Crippen LogP contribution in [0, 0.1) is 23.2 Å². The number of rotatable bonds is 5. The molecule has 2 saturated carbocycles. The van der Waals surface area contributed by atoms with Crippen molar-refractivity contribution in [1.29, 1.82) is 0 Å². The van der Waals surface area contributed by atoms with E-state index in [9.17, 15) is 0 Å². The van der Waals surface area contributed by atoms with E-state index in [-0.39, 0.29) is 0 Å². The second-order valence-electron chi connectivity index (χ2n) is 8.57. The summed E-state index contributed by atoms with van der Waals surface area (Å²) in [6.45, 7) is 7.40. The van der Waals surface area contributed by atoms with Crippen molar-refractivity contribution in [3.63, 3.8) is 0 Å². The molecule has 0 N–H and O–H groups in total. The van der Waals surface area contributed by atoms with Gasteiger partial charge < -0.3 is 0 Å². The molecule has 0 aromatic heterocycles. The summed E-state index contributed by atoms with van der Waals surface area (Å²) in [5, 5.41) is 0. The average molecular weight is 278 g/mol. The van der Waals surface area contributed by atoms with Crippen molar-refractivity contribution in [3.05, 3.63) is 5.92 Å². The molecule has 117 valence electrons. The summed E-state index contributed by atoms with van der Waals surface area (Å²) in [4.78, 5) is 0. The minimum absolute atomic E-state index is 0.531. The molecule has 0 spiro atoms. The van der Waals surface area contributed by atoms with Crippen LogP contribution in [0.2, 0.25) is 0 Å². The van der Waals surface area contributed by atoms with Crippen molar-refractivity contribution in [2.24, 2.45) is 17.3 Å². The summed E-state index contributed by atoms with van der Waals surface area (Å²) in [5.74, 6) is 3.91. The Labute approximate surface area is 128 Å². The second kappa shape index (κ2) is 7.85. The molecule has 0 heterocycles. The van der Waals surface area contributed by atoms with Gasteiger partial charge in [-0.25, -0.2) is 0 Å². The van der Waals surface area contributed by atoms with Gasteiger partial charge in [0.15, 0.2) is 0 Å². The van der Waals surface area contributed by atoms with Gasteiger partial charge in [-0.05, 0) is 48.9 Å². The molecular weight excluding hydrogens is 240 g/mol. The van der Waals surface area contributed by atoms with Crippen LogP contribution in [0.5, 0.6) is 0 Å². The van der Waals surface area contributed by atoms with E-state index >= 15 is 0 Å². The van der Waals surface area contributed by atoms with Gasteiger partial charge in [0.2, 0.25) is 0 Å². The first-order chi connectivity index (χ1) is 9.57. The van der Waals surface area contributed by atoms with E-state index in [1.54, 1.807) is 0 Å². The fourth-order valence-electron chi connectivity index (χ4n) is 4.78. The lowest BCUT2D eigenvalue weighted by Crippen LogP contribution is -2.31. The fourth-order valence-corrected chi connectivity index (χ4v) is 4.78. The van der Waals surface area contributed by atoms with Crippen LogP contribution < -0.4 is 0 Å². The van der Waals surface area contributed by atoms with Crippen molar-refractivity contribution in [2.45, 2.75) is 104 Å². The molecule has 2 aliphatic carbocycles. The minimum Gasteiger partial charge on any atom is -0.0599 e. The summed E-state index contributed by atoms with van der Waals surface area (Å²) in [6.07, 6.45) is 19.2. The largest absolute Gasteiger partial charge is 0.0599 e. The standard InChI is InChI=1S/C20H37/c1-20(2,3)19-16-10-9-15-18(19)14-8-7-13-17-11-5-4-6-12-17/h18-19H,4-16H2,1-3H3. The molecule has 1 radical (unpaired) electrons. The van der Waals surface area contributed by atoms with Crippen LogP contribution in [-0.4, -0.2) is 0 Å². The Hall–Kier alpha value is 0. The lowest BCUT2D eigenvalue weighted by Gasteiger charge is -2.40. The Morgan fingerprint density at radius 3 is 2.25 bits per heavy atom. The predicted octanol–water partition coefficient (Wildman–Crippen LogP) is 6.94. The first kappa shape index (κ1) is 16.4. The molecule has 2 atom stereocenters. The van der Waals surface area contributed by atoms with Gasteiger partial charge in [0.05, 0.1) is 0 Å². The molecule has 20 heavy (non-hydrogen) atoms. The molecule has 0 saturated heterocycles. The third-order valence-electron chi connectivity index (χ3n) is 5.94. The molecule has 2 fully saturated rings. The molecule has 0 amide bonds. The molecule has 0 heteroatoms. The van der Waals surface area contributed by atoms with Crippen LogP contribution >= 0.6 is 0 Å². The highest BCUT2D eigenvalue weighted by Gasteiger charge is 2.33. The van der Waals surface area contributed by atoms with E-state index in [2.05, 4.69) is 20.8 Å². The van der Waals surface area contributed by atoms with E-state index in [1.165, 1.54) is 83.5 Å². The Morgan fingerprint density at radius 1 is 0.850 bits per heavy atom. The fraction of sp³-hybridized carbons (Fsp3) is 0.950.